The maximum atomic E-state index is 14.0. The van der Waals surface area contributed by atoms with Gasteiger partial charge in [0.05, 0.1) is 35.1 Å². The number of aryl methyl sites for hydroxylation is 1. The number of aromatic nitrogens is 5. The van der Waals surface area contributed by atoms with Crippen molar-refractivity contribution in [1.82, 2.24) is 45.1 Å². The van der Waals surface area contributed by atoms with Crippen LogP contribution in [0.5, 0.6) is 0 Å². The molecule has 356 valence electrons. The second-order valence-corrected chi connectivity index (χ2v) is 20.9. The molecule has 2 aliphatic rings. The number of aromatic amines is 1. The van der Waals surface area contributed by atoms with Gasteiger partial charge < -0.3 is 51.1 Å². The molecule has 0 aliphatic carbocycles. The maximum Gasteiger partial charge on any atom is 0.480 e. The van der Waals surface area contributed by atoms with Crippen molar-refractivity contribution in [3.8, 4) is 10.4 Å². The van der Waals surface area contributed by atoms with E-state index in [1.165, 1.54) is 16.2 Å². The minimum absolute atomic E-state index is 0.0225. The molecule has 9 atom stereocenters. The lowest BCUT2D eigenvalue weighted by Crippen LogP contribution is -2.57. The number of carbonyl (C=O) groups is 3. The quantitative estimate of drug-likeness (QED) is 0.0462. The highest BCUT2D eigenvalue weighted by Crippen LogP contribution is 2.58. The summed E-state index contributed by atoms with van der Waals surface area (Å²) in [6.07, 6.45) is -5.14. The van der Waals surface area contributed by atoms with E-state index in [9.17, 15) is 53.4 Å². The molecular weight excluding hydrogens is 914 g/mol. The number of phosphoric ester groups is 1. The van der Waals surface area contributed by atoms with Gasteiger partial charge in [-0.05, 0) is 36.3 Å². The number of β-amino-alcohol motifs (C(OH)–C–C–N with tert-alkyl or cyclic N) is 1. The van der Waals surface area contributed by atoms with Crippen LogP contribution in [0.1, 0.15) is 70.4 Å². The molecule has 6 rings (SSSR count). The highest BCUT2D eigenvalue weighted by Gasteiger charge is 2.47. The first-order valence-corrected chi connectivity index (χ1v) is 24.5. The minimum Gasteiger partial charge on any atom is -0.391 e. The summed E-state index contributed by atoms with van der Waals surface area (Å²) in [5.41, 5.74) is 8.51. The highest BCUT2D eigenvalue weighted by molar-refractivity contribution is 7.62. The van der Waals surface area contributed by atoms with Crippen molar-refractivity contribution in [2.75, 3.05) is 25.4 Å². The molecule has 0 bridgehead atoms. The van der Waals surface area contributed by atoms with Crippen LogP contribution in [0.25, 0.3) is 21.6 Å². The number of H-pyrrole nitrogens is 1. The number of imidazole rings is 1. The van der Waals surface area contributed by atoms with Gasteiger partial charge in [0.15, 0.2) is 17.4 Å². The van der Waals surface area contributed by atoms with E-state index in [2.05, 4.69) is 40.0 Å². The number of aliphatic hydroxyl groups excluding tert-OH is 3. The number of thiazole rings is 1. The second-order valence-electron chi connectivity index (χ2n) is 16.9. The summed E-state index contributed by atoms with van der Waals surface area (Å²) in [6, 6.07) is 5.70. The van der Waals surface area contributed by atoms with Crippen LogP contribution in [-0.2, 0) is 43.6 Å². The molecule has 27 heteroatoms. The number of carbonyl (C=O) groups excluding carboxylic acids is 3. The van der Waals surface area contributed by atoms with Gasteiger partial charge in [0.1, 0.15) is 30.4 Å². The maximum absolute atomic E-state index is 14.0. The molecular formula is C38H54N10O14P2S. The number of ether oxygens (including phenoxy) is 1. The predicted octanol–water partition coefficient (Wildman–Crippen LogP) is 0.946. The van der Waals surface area contributed by atoms with Gasteiger partial charge in [-0.3, -0.25) is 33.3 Å². The van der Waals surface area contributed by atoms with Gasteiger partial charge in [-0.1, -0.05) is 51.5 Å². The molecule has 2 fully saturated rings. The summed E-state index contributed by atoms with van der Waals surface area (Å²) < 4.78 is 41.2. The number of nitrogens with two attached hydrogens (primary N) is 1. The lowest BCUT2D eigenvalue weighted by Gasteiger charge is -2.35. The Labute approximate surface area is 376 Å². The Morgan fingerprint density at radius 1 is 1.08 bits per heavy atom. The highest BCUT2D eigenvalue weighted by atomic mass is 32.1. The summed E-state index contributed by atoms with van der Waals surface area (Å²) in [4.78, 5) is 89.7. The van der Waals surface area contributed by atoms with E-state index in [1.54, 1.807) is 26.3 Å². The number of rotatable bonds is 19. The number of aliphatic hydroxyl groups is 3. The zero-order valence-corrected chi connectivity index (χ0v) is 38.5. The number of anilines is 1. The van der Waals surface area contributed by atoms with Crippen molar-refractivity contribution >= 4 is 61.7 Å². The Hall–Kier alpha value is -4.49. The molecule has 3 amide bonds. The molecule has 3 aromatic heterocycles. The van der Waals surface area contributed by atoms with Crippen molar-refractivity contribution < 1.29 is 62.2 Å². The number of amides is 3. The monoisotopic (exact) mass is 968 g/mol. The van der Waals surface area contributed by atoms with Crippen LogP contribution in [0.15, 0.2) is 40.9 Å². The average molecular weight is 969 g/mol. The molecule has 5 heterocycles. The number of benzene rings is 1. The first-order valence-electron chi connectivity index (χ1n) is 20.6. The van der Waals surface area contributed by atoms with Crippen LogP contribution in [0.4, 0.5) is 5.95 Å². The fourth-order valence-corrected chi connectivity index (χ4v) is 10.5. The fraction of sp³-hybridized carbons (Fsp3) is 0.553. The first kappa shape index (κ1) is 49.9. The van der Waals surface area contributed by atoms with Crippen molar-refractivity contribution in [2.24, 2.45) is 5.41 Å². The Bertz CT molecular complexity index is 2500. The van der Waals surface area contributed by atoms with E-state index >= 15 is 0 Å². The molecule has 3 unspecified atom stereocenters. The van der Waals surface area contributed by atoms with Crippen LogP contribution in [0.2, 0.25) is 0 Å². The van der Waals surface area contributed by atoms with E-state index in [4.69, 9.17) is 15.0 Å². The summed E-state index contributed by atoms with van der Waals surface area (Å²) in [5, 5.41) is 39.4. The van der Waals surface area contributed by atoms with Gasteiger partial charge in [-0.15, -0.1) is 11.3 Å². The average Bonchev–Trinajstić information content (AvgIpc) is 4.01. The molecule has 2 aliphatic heterocycles. The number of likely N-dealkylation sites (tertiary alicyclic amines) is 1. The Balaban J connectivity index is 0.915. The topological polar surface area (TPSA) is 356 Å². The molecule has 0 radical (unpaired) electrons. The Morgan fingerprint density at radius 2 is 1.80 bits per heavy atom. The van der Waals surface area contributed by atoms with Gasteiger partial charge in [0.25, 0.3) is 5.56 Å². The number of hydrogen-bond acceptors (Lipinski definition) is 17. The van der Waals surface area contributed by atoms with Gasteiger partial charge in [-0.2, -0.15) is 9.29 Å². The first-order chi connectivity index (χ1) is 30.5. The van der Waals surface area contributed by atoms with Gasteiger partial charge in [0, 0.05) is 32.5 Å². The smallest absolute Gasteiger partial charge is 0.391 e. The largest absolute Gasteiger partial charge is 0.480 e. The van der Waals surface area contributed by atoms with E-state index in [0.717, 1.165) is 32.6 Å². The van der Waals surface area contributed by atoms with Crippen LogP contribution in [0.3, 0.4) is 0 Å². The van der Waals surface area contributed by atoms with E-state index in [-0.39, 0.29) is 56.0 Å². The van der Waals surface area contributed by atoms with Crippen LogP contribution in [0, 0.1) is 12.3 Å². The van der Waals surface area contributed by atoms with Crippen molar-refractivity contribution in [3.63, 3.8) is 0 Å². The third-order valence-corrected chi connectivity index (χ3v) is 14.6. The van der Waals surface area contributed by atoms with Gasteiger partial charge in [-0.25, -0.2) is 24.2 Å². The van der Waals surface area contributed by atoms with E-state index in [0.29, 0.717) is 12.8 Å². The zero-order valence-electron chi connectivity index (χ0n) is 35.9. The third-order valence-electron chi connectivity index (χ3n) is 10.8. The normalized spacial score (nSPS) is 23.6. The van der Waals surface area contributed by atoms with Crippen molar-refractivity contribution in [2.45, 2.75) is 109 Å². The molecule has 24 nitrogen and oxygen atoms in total. The molecule has 2 saturated heterocycles. The van der Waals surface area contributed by atoms with E-state index in [1.807, 2.05) is 31.2 Å². The fourth-order valence-electron chi connectivity index (χ4n) is 7.41. The number of nitrogen functional groups attached to an aromatic ring is 1. The zero-order chi connectivity index (χ0) is 47.4. The summed E-state index contributed by atoms with van der Waals surface area (Å²) in [6.45, 7) is 6.29. The minimum atomic E-state index is -5.27. The van der Waals surface area contributed by atoms with Crippen LogP contribution < -0.4 is 27.0 Å². The number of hydrogen-bond donors (Lipinski definition) is 10. The molecule has 11 N–H and O–H groups in total. The molecule has 0 saturated carbocycles. The molecule has 65 heavy (non-hydrogen) atoms. The summed E-state index contributed by atoms with van der Waals surface area (Å²) in [7, 11) is -10.2. The standard InChI is InChI=1S/C38H54N10O14P2S/c1-20-30(65-19-42-20)22-11-9-21(10-12-22)15-40-33(53)24-14-23(49)16-47(24)35(55)31(38(2,3)4)44-26(50)8-6-5-7-13-43-63(56,57)62-64(58,59)60-17-25-28(51)29(52)36(61-25)48-18-41-27-32(48)45-37(39)46-34(27)54/h9-12,18-19,23-25,28-29,31,36,49,51-52H,5-8,13-17H2,1-4H3,(H,40,53)(H,44,50)(H,58,59)(H2,43,56,57)(H3,39,45,46,54)/t23-,24?,25+,28+,29+,31+,36+/m0/s1. The third kappa shape index (κ3) is 12.5. The SMILES string of the molecule is Cc1ncsc1-c1ccc(CNC(=O)C2C[C@H](O)CN2C(=O)[C@@H](NC(=O)CCCCCNP(=O)(O)OP(=O)(O)OC[C@H]2O[C@@H](n3cnc4c(=O)[nH]c(N)nc43)[C@H](O)[C@@H]2O)C(C)(C)C)cc1. The summed E-state index contributed by atoms with van der Waals surface area (Å²) >= 11 is 1.54. The predicted molar refractivity (Wildman–Crippen MR) is 233 cm³/mol. The lowest BCUT2D eigenvalue weighted by atomic mass is 9.85. The number of phosphoric acid groups is 1. The van der Waals surface area contributed by atoms with Crippen LogP contribution in [-0.4, -0.2) is 128 Å². The number of fused-ring (bicyclic) bond motifs is 1. The molecule has 0 spiro atoms. The Kier molecular flexibility index (Phi) is 15.8. The molecule has 4 aromatic rings. The number of nitrogens with zero attached hydrogens (tertiary/aromatic N) is 5. The molecule has 1 aromatic carbocycles. The van der Waals surface area contributed by atoms with Gasteiger partial charge >= 0.3 is 15.6 Å². The second kappa shape index (κ2) is 20.6. The Morgan fingerprint density at radius 3 is 2.48 bits per heavy atom. The van der Waals surface area contributed by atoms with Crippen molar-refractivity contribution in [3.05, 3.63) is 57.7 Å². The number of unbranched alkanes of at least 4 members (excludes halogenated alkanes) is 2. The lowest BCUT2D eigenvalue weighted by molar-refractivity contribution is -0.144. The van der Waals surface area contributed by atoms with Gasteiger partial charge in [0.2, 0.25) is 23.7 Å². The van der Waals surface area contributed by atoms with Crippen molar-refractivity contribution in [1.29, 1.82) is 0 Å². The number of nitrogens with one attached hydrogen (secondary N) is 4. The van der Waals surface area contributed by atoms with Crippen LogP contribution >= 0.6 is 26.9 Å². The summed E-state index contributed by atoms with van der Waals surface area (Å²) in [5.74, 6) is -1.66. The van der Waals surface area contributed by atoms with E-state index < -0.39 is 93.6 Å².